The summed E-state index contributed by atoms with van der Waals surface area (Å²) in [6.07, 6.45) is 2.39. The average molecular weight is 278 g/mol. The molecule has 0 aromatic heterocycles. The number of para-hydroxylation sites is 1. The van der Waals surface area contributed by atoms with E-state index in [-0.39, 0.29) is 5.78 Å². The number of rotatable bonds is 3. The molecule has 2 aromatic carbocycles. The minimum atomic E-state index is -0.592. The first-order chi connectivity index (χ1) is 10.1. The van der Waals surface area contributed by atoms with E-state index in [1.54, 1.807) is 0 Å². The molecule has 0 amide bonds. The van der Waals surface area contributed by atoms with Gasteiger partial charge in [0.05, 0.1) is 6.42 Å². The summed E-state index contributed by atoms with van der Waals surface area (Å²) in [5.74, 6) is 0.947. The molecule has 2 aromatic rings. The van der Waals surface area contributed by atoms with Gasteiger partial charge >= 0.3 is 0 Å². The maximum atomic E-state index is 12.4. The third kappa shape index (κ3) is 2.75. The van der Waals surface area contributed by atoms with Crippen molar-refractivity contribution in [2.75, 3.05) is 0 Å². The highest BCUT2D eigenvalue weighted by Crippen LogP contribution is 2.37. The molecule has 21 heavy (non-hydrogen) atoms. The van der Waals surface area contributed by atoms with E-state index in [0.717, 1.165) is 22.4 Å². The fraction of sp³-hybridized carbons (Fsp3) is 0.211. The Kier molecular flexibility index (Phi) is 3.38. The number of allylic oxidation sites excluding steroid dienone is 1. The van der Waals surface area contributed by atoms with Gasteiger partial charge in [0.15, 0.2) is 5.78 Å². The average Bonchev–Trinajstić information content (AvgIpc) is 2.47. The Hall–Kier alpha value is -2.35. The van der Waals surface area contributed by atoms with Crippen LogP contribution < -0.4 is 4.74 Å². The molecule has 2 nitrogen and oxygen atoms in total. The largest absolute Gasteiger partial charge is 0.482 e. The lowest BCUT2D eigenvalue weighted by molar-refractivity contribution is 0.0809. The fourth-order valence-corrected chi connectivity index (χ4v) is 2.83. The lowest BCUT2D eigenvalue weighted by atomic mass is 9.89. The van der Waals surface area contributed by atoms with Crippen molar-refractivity contribution in [2.45, 2.75) is 25.9 Å². The molecule has 1 heterocycles. The van der Waals surface area contributed by atoms with Gasteiger partial charge in [-0.15, -0.1) is 0 Å². The number of benzene rings is 2. The number of carbonyl (C=O) groups excluding carboxylic acids is 1. The number of ketones is 1. The van der Waals surface area contributed by atoms with Crippen LogP contribution in [0.2, 0.25) is 0 Å². The highest BCUT2D eigenvalue weighted by molar-refractivity contribution is 5.97. The highest BCUT2D eigenvalue weighted by Gasteiger charge is 2.32. The van der Waals surface area contributed by atoms with Crippen LogP contribution in [0.4, 0.5) is 0 Å². The lowest BCUT2D eigenvalue weighted by Gasteiger charge is -2.33. The van der Waals surface area contributed by atoms with E-state index >= 15 is 0 Å². The summed E-state index contributed by atoms with van der Waals surface area (Å²) in [6.45, 7) is 4.03. The van der Waals surface area contributed by atoms with Crippen LogP contribution in [0.3, 0.4) is 0 Å². The van der Waals surface area contributed by atoms with E-state index in [2.05, 4.69) is 13.0 Å². The zero-order valence-corrected chi connectivity index (χ0v) is 12.3. The molecule has 1 aliphatic rings. The lowest BCUT2D eigenvalue weighted by Crippen LogP contribution is -2.35. The van der Waals surface area contributed by atoms with Gasteiger partial charge in [-0.25, -0.2) is 0 Å². The molecule has 0 spiro atoms. The number of hydrogen-bond acceptors (Lipinski definition) is 2. The van der Waals surface area contributed by atoms with E-state index in [9.17, 15) is 4.79 Å². The minimum absolute atomic E-state index is 0.0986. The van der Waals surface area contributed by atoms with Gasteiger partial charge in [-0.1, -0.05) is 48.5 Å². The van der Waals surface area contributed by atoms with E-state index in [4.69, 9.17) is 4.74 Å². The van der Waals surface area contributed by atoms with Crippen molar-refractivity contribution in [2.24, 2.45) is 0 Å². The Balaban J connectivity index is 1.87. The van der Waals surface area contributed by atoms with Crippen molar-refractivity contribution in [3.8, 4) is 5.75 Å². The van der Waals surface area contributed by atoms with E-state index in [1.165, 1.54) is 0 Å². The van der Waals surface area contributed by atoms with Crippen LogP contribution in [0.1, 0.15) is 36.2 Å². The second kappa shape index (κ2) is 5.21. The molecule has 1 atom stereocenters. The third-order valence-corrected chi connectivity index (χ3v) is 3.78. The minimum Gasteiger partial charge on any atom is -0.482 e. The molecule has 0 bridgehead atoms. The Morgan fingerprint density at radius 1 is 1.05 bits per heavy atom. The van der Waals surface area contributed by atoms with Gasteiger partial charge in [0.25, 0.3) is 0 Å². The molecule has 0 unspecified atom stereocenters. The van der Waals surface area contributed by atoms with Crippen LogP contribution in [0.5, 0.6) is 5.75 Å². The van der Waals surface area contributed by atoms with E-state index in [1.807, 2.05) is 61.5 Å². The maximum Gasteiger partial charge on any atom is 0.167 e. The molecule has 0 saturated carbocycles. The Morgan fingerprint density at radius 2 is 1.71 bits per heavy atom. The fourth-order valence-electron chi connectivity index (χ4n) is 2.83. The predicted octanol–water partition coefficient (Wildman–Crippen LogP) is 4.51. The molecule has 3 rings (SSSR count). The summed E-state index contributed by atoms with van der Waals surface area (Å²) in [6, 6.07) is 17.3. The summed E-state index contributed by atoms with van der Waals surface area (Å²) in [7, 11) is 0. The second-order valence-electron chi connectivity index (χ2n) is 5.70. The van der Waals surface area contributed by atoms with E-state index in [0.29, 0.717) is 6.42 Å². The Labute approximate surface area is 125 Å². The normalized spacial score (nSPS) is 20.2. The molecule has 2 heteroatoms. The first kappa shape index (κ1) is 13.6. The monoisotopic (exact) mass is 278 g/mol. The topological polar surface area (TPSA) is 26.3 Å². The molecule has 0 fully saturated rings. The number of fused-ring (bicyclic) bond motifs is 1. The third-order valence-electron chi connectivity index (χ3n) is 3.78. The molecule has 1 aliphatic heterocycles. The number of carbonyl (C=O) groups is 1. The van der Waals surface area contributed by atoms with Crippen molar-refractivity contribution >= 4 is 11.4 Å². The van der Waals surface area contributed by atoms with Crippen molar-refractivity contribution in [1.82, 2.24) is 0 Å². The van der Waals surface area contributed by atoms with Crippen LogP contribution in [-0.2, 0) is 0 Å². The summed E-state index contributed by atoms with van der Waals surface area (Å²) in [4.78, 5) is 12.4. The SMILES string of the molecule is CC1=C[C@](C)(CC(=O)c2ccccc2)Oc2ccccc21. The number of Topliss-reactive ketones (excluding diaryl/α,β-unsaturated/α-hetero) is 1. The molecule has 0 N–H and O–H groups in total. The van der Waals surface area contributed by atoms with Crippen molar-refractivity contribution < 1.29 is 9.53 Å². The first-order valence-corrected chi connectivity index (χ1v) is 7.13. The Morgan fingerprint density at radius 3 is 2.48 bits per heavy atom. The van der Waals surface area contributed by atoms with Crippen LogP contribution in [0.15, 0.2) is 60.7 Å². The molecular formula is C19H18O2. The summed E-state index contributed by atoms with van der Waals surface area (Å²) < 4.78 is 6.08. The summed E-state index contributed by atoms with van der Waals surface area (Å²) in [5.41, 5.74) is 2.39. The van der Waals surface area contributed by atoms with Gasteiger partial charge in [0, 0.05) is 11.1 Å². The smallest absolute Gasteiger partial charge is 0.167 e. The standard InChI is InChI=1S/C19H18O2/c1-14-12-19(2,21-18-11-7-6-10-16(14)18)13-17(20)15-8-4-3-5-9-15/h3-12H,13H2,1-2H3/t19-/m1/s1. The van der Waals surface area contributed by atoms with E-state index < -0.39 is 5.60 Å². The van der Waals surface area contributed by atoms with Crippen molar-refractivity contribution in [1.29, 1.82) is 0 Å². The maximum absolute atomic E-state index is 12.4. The molecule has 0 saturated heterocycles. The zero-order valence-electron chi connectivity index (χ0n) is 12.3. The number of ether oxygens (including phenoxy) is 1. The van der Waals surface area contributed by atoms with Crippen LogP contribution in [0, 0.1) is 0 Å². The second-order valence-corrected chi connectivity index (χ2v) is 5.70. The first-order valence-electron chi connectivity index (χ1n) is 7.13. The van der Waals surface area contributed by atoms with Gasteiger partial charge in [-0.3, -0.25) is 4.79 Å². The van der Waals surface area contributed by atoms with Crippen LogP contribution >= 0.6 is 0 Å². The van der Waals surface area contributed by atoms with Gasteiger partial charge in [0.2, 0.25) is 0 Å². The van der Waals surface area contributed by atoms with Crippen molar-refractivity contribution in [3.63, 3.8) is 0 Å². The summed E-state index contributed by atoms with van der Waals surface area (Å²) >= 11 is 0. The summed E-state index contributed by atoms with van der Waals surface area (Å²) in [5, 5.41) is 0. The predicted molar refractivity (Wildman–Crippen MR) is 84.5 cm³/mol. The van der Waals surface area contributed by atoms with Gasteiger partial charge in [-0.2, -0.15) is 0 Å². The molecular weight excluding hydrogens is 260 g/mol. The van der Waals surface area contributed by atoms with Gasteiger partial charge in [-0.05, 0) is 31.6 Å². The van der Waals surface area contributed by atoms with Gasteiger partial charge in [0.1, 0.15) is 11.4 Å². The highest BCUT2D eigenvalue weighted by atomic mass is 16.5. The van der Waals surface area contributed by atoms with Crippen molar-refractivity contribution in [3.05, 3.63) is 71.8 Å². The van der Waals surface area contributed by atoms with Crippen LogP contribution in [-0.4, -0.2) is 11.4 Å². The molecule has 0 aliphatic carbocycles. The quantitative estimate of drug-likeness (QED) is 0.772. The molecule has 106 valence electrons. The molecule has 0 radical (unpaired) electrons. The zero-order chi connectivity index (χ0) is 14.9. The van der Waals surface area contributed by atoms with Crippen LogP contribution in [0.25, 0.3) is 5.57 Å². The number of hydrogen-bond donors (Lipinski definition) is 0. The van der Waals surface area contributed by atoms with Gasteiger partial charge < -0.3 is 4.74 Å². The Bertz CT molecular complexity index is 701.